The predicted molar refractivity (Wildman–Crippen MR) is 90.8 cm³/mol. The first-order valence-electron chi connectivity index (χ1n) is 8.33. The third-order valence-corrected chi connectivity index (χ3v) is 4.38. The molecule has 0 radical (unpaired) electrons. The van der Waals surface area contributed by atoms with E-state index in [2.05, 4.69) is 34.0 Å². The molecule has 0 unspecified atom stereocenters. The van der Waals surface area contributed by atoms with Crippen molar-refractivity contribution in [1.82, 2.24) is 20.2 Å². The Balaban J connectivity index is 2.05. The van der Waals surface area contributed by atoms with Crippen molar-refractivity contribution in [3.8, 4) is 0 Å². The lowest BCUT2D eigenvalue weighted by molar-refractivity contribution is 0.0895. The van der Waals surface area contributed by atoms with E-state index in [-0.39, 0.29) is 23.1 Å². The summed E-state index contributed by atoms with van der Waals surface area (Å²) in [7, 11) is 0. The molecule has 1 amide bonds. The van der Waals surface area contributed by atoms with E-state index >= 15 is 0 Å². The van der Waals surface area contributed by atoms with Crippen LogP contribution in [0.1, 0.15) is 63.6 Å². The standard InChI is InChI=1S/C17H28N4O2/c1-11(2)21-8-6-12(7-9-21)18-15(22)13-10-14(17(3,4)5)20-16(23)19-13/h10-12H,6-9H2,1-5H3,(H,18,22)(H,19,20,23). The fraction of sp³-hybridized carbons (Fsp3) is 0.706. The van der Waals surface area contributed by atoms with Crippen LogP contribution in [0.15, 0.2) is 10.9 Å². The normalized spacial score (nSPS) is 17.5. The van der Waals surface area contributed by atoms with E-state index in [0.29, 0.717) is 6.04 Å². The van der Waals surface area contributed by atoms with Crippen LogP contribution in [0, 0.1) is 0 Å². The Morgan fingerprint density at radius 2 is 1.96 bits per heavy atom. The monoisotopic (exact) mass is 320 g/mol. The average Bonchev–Trinajstić information content (AvgIpc) is 2.46. The number of amides is 1. The number of H-pyrrole nitrogens is 1. The van der Waals surface area contributed by atoms with Crippen molar-refractivity contribution in [2.24, 2.45) is 0 Å². The summed E-state index contributed by atoms with van der Waals surface area (Å²) in [6.45, 7) is 12.3. The molecule has 0 saturated carbocycles. The molecule has 1 fully saturated rings. The van der Waals surface area contributed by atoms with E-state index in [1.807, 2.05) is 20.8 Å². The molecule has 0 atom stereocenters. The smallest absolute Gasteiger partial charge is 0.345 e. The molecule has 1 aromatic rings. The summed E-state index contributed by atoms with van der Waals surface area (Å²) < 4.78 is 0. The van der Waals surface area contributed by atoms with E-state index in [4.69, 9.17) is 0 Å². The largest absolute Gasteiger partial charge is 0.348 e. The molecule has 1 aliphatic heterocycles. The lowest BCUT2D eigenvalue weighted by atomic mass is 9.91. The van der Waals surface area contributed by atoms with Crippen molar-refractivity contribution in [2.75, 3.05) is 13.1 Å². The fourth-order valence-corrected chi connectivity index (χ4v) is 2.80. The SMILES string of the molecule is CC(C)N1CCC(NC(=O)c2cc(C(C)(C)C)[nH]c(=O)n2)CC1. The number of carbonyl (C=O) groups excluding carboxylic acids is 1. The van der Waals surface area contributed by atoms with Gasteiger partial charge in [0.05, 0.1) is 0 Å². The van der Waals surface area contributed by atoms with Crippen LogP contribution in [0.2, 0.25) is 0 Å². The summed E-state index contributed by atoms with van der Waals surface area (Å²) in [5, 5.41) is 3.02. The third-order valence-electron chi connectivity index (χ3n) is 4.38. The van der Waals surface area contributed by atoms with Gasteiger partial charge in [0.15, 0.2) is 0 Å². The Morgan fingerprint density at radius 3 is 2.48 bits per heavy atom. The van der Waals surface area contributed by atoms with Crippen LogP contribution in [0.25, 0.3) is 0 Å². The van der Waals surface area contributed by atoms with Crippen LogP contribution in [0.4, 0.5) is 0 Å². The molecule has 2 heterocycles. The highest BCUT2D eigenvalue weighted by molar-refractivity contribution is 5.92. The van der Waals surface area contributed by atoms with Crippen molar-refractivity contribution < 1.29 is 4.79 Å². The highest BCUT2D eigenvalue weighted by atomic mass is 16.2. The molecule has 0 aromatic carbocycles. The summed E-state index contributed by atoms with van der Waals surface area (Å²) >= 11 is 0. The first-order chi connectivity index (χ1) is 10.7. The number of rotatable bonds is 3. The van der Waals surface area contributed by atoms with Crippen molar-refractivity contribution in [2.45, 2.75) is 65.0 Å². The number of nitrogens with zero attached hydrogens (tertiary/aromatic N) is 2. The number of hydrogen-bond acceptors (Lipinski definition) is 4. The maximum atomic E-state index is 12.4. The van der Waals surface area contributed by atoms with Gasteiger partial charge in [-0.25, -0.2) is 4.79 Å². The van der Waals surface area contributed by atoms with Crippen LogP contribution in [0.5, 0.6) is 0 Å². The first kappa shape index (κ1) is 17.7. The topological polar surface area (TPSA) is 78.1 Å². The number of hydrogen-bond donors (Lipinski definition) is 2. The van der Waals surface area contributed by atoms with Gasteiger partial charge < -0.3 is 15.2 Å². The molecule has 0 spiro atoms. The van der Waals surface area contributed by atoms with E-state index in [0.717, 1.165) is 31.6 Å². The van der Waals surface area contributed by atoms with Crippen LogP contribution < -0.4 is 11.0 Å². The Hall–Kier alpha value is -1.69. The van der Waals surface area contributed by atoms with Crippen LogP contribution in [0.3, 0.4) is 0 Å². The minimum Gasteiger partial charge on any atom is -0.348 e. The van der Waals surface area contributed by atoms with Gasteiger partial charge in [0, 0.05) is 36.3 Å². The summed E-state index contributed by atoms with van der Waals surface area (Å²) in [6.07, 6.45) is 1.86. The van der Waals surface area contributed by atoms with Crippen molar-refractivity contribution in [3.63, 3.8) is 0 Å². The summed E-state index contributed by atoms with van der Waals surface area (Å²) in [5.41, 5.74) is 0.208. The Morgan fingerprint density at radius 1 is 1.35 bits per heavy atom. The van der Waals surface area contributed by atoms with Crippen molar-refractivity contribution in [3.05, 3.63) is 27.9 Å². The third kappa shape index (κ3) is 4.64. The minimum atomic E-state index is -0.475. The Kier molecular flexibility index (Phi) is 5.24. The van der Waals surface area contributed by atoms with Gasteiger partial charge in [0.2, 0.25) is 0 Å². The molecule has 6 heteroatoms. The van der Waals surface area contributed by atoms with Gasteiger partial charge in [-0.2, -0.15) is 4.98 Å². The van der Waals surface area contributed by atoms with Gasteiger partial charge in [-0.15, -0.1) is 0 Å². The van der Waals surface area contributed by atoms with Crippen molar-refractivity contribution in [1.29, 1.82) is 0 Å². The molecule has 6 nitrogen and oxygen atoms in total. The zero-order chi connectivity index (χ0) is 17.2. The van der Waals surface area contributed by atoms with Gasteiger partial charge in [-0.1, -0.05) is 20.8 Å². The Bertz CT molecular complexity index is 608. The number of piperidine rings is 1. The number of likely N-dealkylation sites (tertiary alicyclic amines) is 1. The molecule has 1 saturated heterocycles. The zero-order valence-electron chi connectivity index (χ0n) is 14.8. The van der Waals surface area contributed by atoms with E-state index in [1.165, 1.54) is 0 Å². The number of nitrogens with one attached hydrogen (secondary N) is 2. The molecule has 0 bridgehead atoms. The molecule has 2 rings (SSSR count). The summed E-state index contributed by atoms with van der Waals surface area (Å²) in [6, 6.07) is 2.37. The molecule has 128 valence electrons. The van der Waals surface area contributed by atoms with Crippen molar-refractivity contribution >= 4 is 5.91 Å². The second-order valence-electron chi connectivity index (χ2n) is 7.61. The summed E-state index contributed by atoms with van der Waals surface area (Å²) in [5.74, 6) is -0.260. The maximum absolute atomic E-state index is 12.4. The lowest BCUT2D eigenvalue weighted by Crippen LogP contribution is -2.47. The molecule has 1 aliphatic rings. The maximum Gasteiger partial charge on any atom is 0.345 e. The predicted octanol–water partition coefficient (Wildman–Crippen LogP) is 1.67. The van der Waals surface area contributed by atoms with Crippen LogP contribution >= 0.6 is 0 Å². The number of aromatic amines is 1. The Labute approximate surface area is 137 Å². The van der Waals surface area contributed by atoms with E-state index in [1.54, 1.807) is 6.07 Å². The van der Waals surface area contributed by atoms with Crippen LogP contribution in [-0.2, 0) is 5.41 Å². The molecule has 2 N–H and O–H groups in total. The van der Waals surface area contributed by atoms with Gasteiger partial charge >= 0.3 is 5.69 Å². The highest BCUT2D eigenvalue weighted by Gasteiger charge is 2.24. The quantitative estimate of drug-likeness (QED) is 0.888. The summed E-state index contributed by atoms with van der Waals surface area (Å²) in [4.78, 5) is 33.1. The second-order valence-corrected chi connectivity index (χ2v) is 7.61. The van der Waals surface area contributed by atoms with Gasteiger partial charge in [-0.05, 0) is 32.8 Å². The van der Waals surface area contributed by atoms with Gasteiger partial charge in [0.1, 0.15) is 5.69 Å². The number of carbonyl (C=O) groups is 1. The molecule has 1 aromatic heterocycles. The molecular weight excluding hydrogens is 292 g/mol. The van der Waals surface area contributed by atoms with E-state index < -0.39 is 5.69 Å². The first-order valence-corrected chi connectivity index (χ1v) is 8.33. The number of aromatic nitrogens is 2. The molecular formula is C17H28N4O2. The molecule has 23 heavy (non-hydrogen) atoms. The second kappa shape index (κ2) is 6.83. The molecule has 0 aliphatic carbocycles. The minimum absolute atomic E-state index is 0.150. The highest BCUT2D eigenvalue weighted by Crippen LogP contribution is 2.19. The van der Waals surface area contributed by atoms with E-state index in [9.17, 15) is 9.59 Å². The fourth-order valence-electron chi connectivity index (χ4n) is 2.80. The zero-order valence-corrected chi connectivity index (χ0v) is 14.8. The van der Waals surface area contributed by atoms with Gasteiger partial charge in [0.25, 0.3) is 5.91 Å². The lowest BCUT2D eigenvalue weighted by Gasteiger charge is -2.34. The van der Waals surface area contributed by atoms with Gasteiger partial charge in [-0.3, -0.25) is 4.79 Å². The van der Waals surface area contributed by atoms with Crippen LogP contribution in [-0.4, -0.2) is 45.9 Å². The average molecular weight is 320 g/mol.